The third-order valence-electron chi connectivity index (χ3n) is 4.46. The number of ether oxygens (including phenoxy) is 3. The Balaban J connectivity index is 0.00000364. The molecule has 2 rings (SSSR count). The number of rotatable bonds is 10. The van der Waals surface area contributed by atoms with E-state index in [1.165, 1.54) is 11.1 Å². The first-order valence-electron chi connectivity index (χ1n) is 9.25. The van der Waals surface area contributed by atoms with Gasteiger partial charge in [0.1, 0.15) is 0 Å². The lowest BCUT2D eigenvalue weighted by atomic mass is 9.99. The van der Waals surface area contributed by atoms with Crippen LogP contribution >= 0.6 is 24.0 Å². The van der Waals surface area contributed by atoms with Crippen LogP contribution in [0.15, 0.2) is 17.1 Å². The van der Waals surface area contributed by atoms with Crippen LogP contribution in [0.5, 0.6) is 11.5 Å². The second kappa shape index (κ2) is 13.0. The van der Waals surface area contributed by atoms with E-state index < -0.39 is 0 Å². The first-order chi connectivity index (χ1) is 12.7. The number of methoxy groups -OCH3 is 2. The fourth-order valence-corrected chi connectivity index (χ4v) is 3.04. The number of halogens is 1. The van der Waals surface area contributed by atoms with E-state index in [1.54, 1.807) is 14.2 Å². The van der Waals surface area contributed by atoms with Gasteiger partial charge in [-0.15, -0.1) is 24.0 Å². The number of nitrogens with two attached hydrogens (primary N) is 1. The van der Waals surface area contributed by atoms with Gasteiger partial charge >= 0.3 is 0 Å². The predicted octanol–water partition coefficient (Wildman–Crippen LogP) is 2.01. The number of aliphatic imine (C=N–C) groups is 1. The summed E-state index contributed by atoms with van der Waals surface area (Å²) < 4.78 is 16.1. The largest absolute Gasteiger partial charge is 0.493 e. The molecule has 1 heterocycles. The molecule has 0 amide bonds. The van der Waals surface area contributed by atoms with Crippen LogP contribution in [0.2, 0.25) is 0 Å². The summed E-state index contributed by atoms with van der Waals surface area (Å²) in [7, 11) is 3.35. The van der Waals surface area contributed by atoms with Crippen molar-refractivity contribution in [3.05, 3.63) is 23.3 Å². The number of hydrogen-bond acceptors (Lipinski definition) is 5. The summed E-state index contributed by atoms with van der Waals surface area (Å²) in [6, 6.07) is 4.18. The maximum Gasteiger partial charge on any atom is 0.188 e. The normalized spacial score (nSPS) is 14.3. The van der Waals surface area contributed by atoms with Crippen molar-refractivity contribution in [2.75, 3.05) is 53.6 Å². The van der Waals surface area contributed by atoms with Crippen molar-refractivity contribution in [1.82, 2.24) is 10.2 Å². The molecule has 0 saturated heterocycles. The molecule has 0 radical (unpaired) electrons. The highest BCUT2D eigenvalue weighted by Crippen LogP contribution is 2.33. The van der Waals surface area contributed by atoms with Gasteiger partial charge in [-0.1, -0.05) is 0 Å². The molecule has 0 spiro atoms. The van der Waals surface area contributed by atoms with Crippen LogP contribution in [-0.2, 0) is 17.7 Å². The quantitative estimate of drug-likeness (QED) is 0.225. The minimum atomic E-state index is 0. The second-order valence-electron chi connectivity index (χ2n) is 6.25. The Kier molecular flexibility index (Phi) is 11.5. The highest BCUT2D eigenvalue weighted by molar-refractivity contribution is 14.0. The molecule has 8 heteroatoms. The molecular formula is C19H33IN4O3. The van der Waals surface area contributed by atoms with E-state index in [0.717, 1.165) is 63.7 Å². The van der Waals surface area contributed by atoms with E-state index in [9.17, 15) is 0 Å². The van der Waals surface area contributed by atoms with Crippen molar-refractivity contribution in [1.29, 1.82) is 0 Å². The van der Waals surface area contributed by atoms with Crippen LogP contribution < -0.4 is 20.5 Å². The van der Waals surface area contributed by atoms with Crippen molar-refractivity contribution in [2.45, 2.75) is 26.3 Å². The summed E-state index contributed by atoms with van der Waals surface area (Å²) in [6.07, 6.45) is 1.90. The van der Waals surface area contributed by atoms with Crippen LogP contribution in [0.25, 0.3) is 0 Å². The van der Waals surface area contributed by atoms with Gasteiger partial charge in [0, 0.05) is 45.9 Å². The van der Waals surface area contributed by atoms with Crippen molar-refractivity contribution >= 4 is 29.9 Å². The van der Waals surface area contributed by atoms with E-state index >= 15 is 0 Å². The summed E-state index contributed by atoms with van der Waals surface area (Å²) >= 11 is 0. The SMILES string of the molecule is CCOCCCN=C(N)NCCN1CCc2cc(OC)c(OC)cc2C1.I. The van der Waals surface area contributed by atoms with E-state index in [2.05, 4.69) is 27.3 Å². The molecule has 154 valence electrons. The molecule has 1 aromatic carbocycles. The van der Waals surface area contributed by atoms with Gasteiger partial charge in [0.15, 0.2) is 17.5 Å². The molecule has 0 atom stereocenters. The maximum absolute atomic E-state index is 5.90. The Morgan fingerprint density at radius 1 is 1.22 bits per heavy atom. The monoisotopic (exact) mass is 492 g/mol. The van der Waals surface area contributed by atoms with Gasteiger partial charge in [0.25, 0.3) is 0 Å². The minimum Gasteiger partial charge on any atom is -0.493 e. The topological polar surface area (TPSA) is 81.3 Å². The van der Waals surface area contributed by atoms with Gasteiger partial charge < -0.3 is 25.3 Å². The van der Waals surface area contributed by atoms with E-state index in [0.29, 0.717) is 12.5 Å². The molecule has 1 aliphatic heterocycles. The number of guanidine groups is 1. The number of nitrogens with zero attached hydrogens (tertiary/aromatic N) is 2. The molecule has 1 aromatic rings. The summed E-state index contributed by atoms with van der Waals surface area (Å²) in [5, 5.41) is 3.19. The summed E-state index contributed by atoms with van der Waals surface area (Å²) in [4.78, 5) is 6.72. The highest BCUT2D eigenvalue weighted by Gasteiger charge is 2.19. The zero-order valence-corrected chi connectivity index (χ0v) is 19.0. The molecule has 3 N–H and O–H groups in total. The Labute approximate surface area is 179 Å². The van der Waals surface area contributed by atoms with Crippen LogP contribution in [0, 0.1) is 0 Å². The van der Waals surface area contributed by atoms with E-state index in [-0.39, 0.29) is 24.0 Å². The average molecular weight is 492 g/mol. The van der Waals surface area contributed by atoms with Gasteiger partial charge in [-0.25, -0.2) is 0 Å². The fourth-order valence-electron chi connectivity index (χ4n) is 3.04. The lowest BCUT2D eigenvalue weighted by Crippen LogP contribution is -2.40. The highest BCUT2D eigenvalue weighted by atomic mass is 127. The molecule has 0 fully saturated rings. The Hall–Kier alpha value is -1.26. The van der Waals surface area contributed by atoms with Crippen LogP contribution in [0.1, 0.15) is 24.5 Å². The van der Waals surface area contributed by atoms with Gasteiger partial charge in [-0.2, -0.15) is 0 Å². The first kappa shape index (κ1) is 23.8. The Morgan fingerprint density at radius 2 is 1.93 bits per heavy atom. The van der Waals surface area contributed by atoms with E-state index in [1.807, 2.05) is 6.92 Å². The number of hydrogen-bond donors (Lipinski definition) is 2. The zero-order chi connectivity index (χ0) is 18.8. The molecule has 0 saturated carbocycles. The van der Waals surface area contributed by atoms with Crippen LogP contribution in [0.3, 0.4) is 0 Å². The van der Waals surface area contributed by atoms with Gasteiger partial charge in [0.2, 0.25) is 0 Å². The molecule has 0 aromatic heterocycles. The van der Waals surface area contributed by atoms with Crippen molar-refractivity contribution in [2.24, 2.45) is 10.7 Å². The molecule has 0 bridgehead atoms. The number of fused-ring (bicyclic) bond motifs is 1. The summed E-state index contributed by atoms with van der Waals surface area (Å²) in [5.74, 6) is 2.09. The van der Waals surface area contributed by atoms with Gasteiger partial charge in [-0.3, -0.25) is 9.89 Å². The number of nitrogens with one attached hydrogen (secondary N) is 1. The van der Waals surface area contributed by atoms with Crippen LogP contribution in [0.4, 0.5) is 0 Å². The third kappa shape index (κ3) is 7.71. The number of benzene rings is 1. The van der Waals surface area contributed by atoms with E-state index in [4.69, 9.17) is 19.9 Å². The first-order valence-corrected chi connectivity index (χ1v) is 9.25. The minimum absolute atomic E-state index is 0. The smallest absolute Gasteiger partial charge is 0.188 e. The third-order valence-corrected chi connectivity index (χ3v) is 4.46. The Bertz CT molecular complexity index is 599. The lowest BCUT2D eigenvalue weighted by Gasteiger charge is -2.29. The van der Waals surface area contributed by atoms with Crippen molar-refractivity contribution in [3.8, 4) is 11.5 Å². The van der Waals surface area contributed by atoms with Gasteiger partial charge in [-0.05, 0) is 43.0 Å². The maximum atomic E-state index is 5.90. The average Bonchev–Trinajstić information content (AvgIpc) is 2.66. The van der Waals surface area contributed by atoms with Crippen LogP contribution in [-0.4, -0.2) is 64.5 Å². The van der Waals surface area contributed by atoms with Gasteiger partial charge in [0.05, 0.1) is 14.2 Å². The molecule has 7 nitrogen and oxygen atoms in total. The van der Waals surface area contributed by atoms with Crippen molar-refractivity contribution in [3.63, 3.8) is 0 Å². The summed E-state index contributed by atoms with van der Waals surface area (Å²) in [5.41, 5.74) is 8.53. The molecule has 27 heavy (non-hydrogen) atoms. The zero-order valence-electron chi connectivity index (χ0n) is 16.6. The lowest BCUT2D eigenvalue weighted by molar-refractivity contribution is 0.146. The molecule has 0 aliphatic carbocycles. The summed E-state index contributed by atoms with van der Waals surface area (Å²) in [6.45, 7) is 7.79. The molecule has 0 unspecified atom stereocenters. The predicted molar refractivity (Wildman–Crippen MR) is 120 cm³/mol. The Morgan fingerprint density at radius 3 is 2.59 bits per heavy atom. The fraction of sp³-hybridized carbons (Fsp3) is 0.632. The second-order valence-corrected chi connectivity index (χ2v) is 6.25. The molecule has 1 aliphatic rings. The molecular weight excluding hydrogens is 459 g/mol. The standard InChI is InChI=1S/C19H32N4O3.HI/c1-4-26-11-5-7-21-19(20)22-8-10-23-9-6-15-12-17(24-2)18(25-3)13-16(15)14-23;/h12-13H,4-11,14H2,1-3H3,(H3,20,21,22);1H. The van der Waals surface area contributed by atoms with Crippen molar-refractivity contribution < 1.29 is 14.2 Å².